The van der Waals surface area contributed by atoms with Crippen molar-refractivity contribution in [3.05, 3.63) is 35.9 Å². The van der Waals surface area contributed by atoms with Crippen molar-refractivity contribution in [2.24, 2.45) is 22.6 Å². The van der Waals surface area contributed by atoms with E-state index in [0.717, 1.165) is 24.9 Å². The van der Waals surface area contributed by atoms with Crippen LogP contribution in [-0.4, -0.2) is 23.9 Å². The van der Waals surface area contributed by atoms with Crippen molar-refractivity contribution < 1.29 is 0 Å². The number of nitrogens with two attached hydrogens (primary N) is 1. The fourth-order valence-corrected chi connectivity index (χ4v) is 2.40. The summed E-state index contributed by atoms with van der Waals surface area (Å²) >= 11 is 0. The van der Waals surface area contributed by atoms with Gasteiger partial charge in [-0.3, -0.25) is 0 Å². The van der Waals surface area contributed by atoms with Crippen LogP contribution in [-0.2, 0) is 6.54 Å². The summed E-state index contributed by atoms with van der Waals surface area (Å²) in [4.78, 5) is 6.71. The van der Waals surface area contributed by atoms with Gasteiger partial charge in [0.25, 0.3) is 0 Å². The van der Waals surface area contributed by atoms with E-state index in [9.17, 15) is 0 Å². The highest BCUT2D eigenvalue weighted by molar-refractivity contribution is 5.78. The van der Waals surface area contributed by atoms with Crippen LogP contribution in [0.1, 0.15) is 25.8 Å². The van der Waals surface area contributed by atoms with Crippen molar-refractivity contribution in [3.8, 4) is 0 Å². The fourth-order valence-electron chi connectivity index (χ4n) is 2.40. The van der Waals surface area contributed by atoms with Gasteiger partial charge in [0.2, 0.25) is 0 Å². The molecule has 1 aliphatic heterocycles. The molecule has 0 saturated carbocycles. The smallest absolute Gasteiger partial charge is 0.191 e. The minimum atomic E-state index is 0.676. The van der Waals surface area contributed by atoms with Gasteiger partial charge in [-0.05, 0) is 23.8 Å². The van der Waals surface area contributed by atoms with E-state index in [4.69, 9.17) is 5.73 Å². The molecule has 2 rings (SSSR count). The van der Waals surface area contributed by atoms with E-state index in [-0.39, 0.29) is 0 Å². The van der Waals surface area contributed by atoms with E-state index in [1.54, 1.807) is 0 Å². The molecular formula is C15H23N3. The molecule has 1 atom stereocenters. The lowest BCUT2D eigenvalue weighted by atomic mass is 9.95. The minimum absolute atomic E-state index is 0.676. The van der Waals surface area contributed by atoms with Crippen molar-refractivity contribution in [1.82, 2.24) is 4.90 Å². The molecule has 0 radical (unpaired) electrons. The molecule has 1 aromatic carbocycles. The largest absolute Gasteiger partial charge is 0.370 e. The molecule has 1 aromatic rings. The maximum atomic E-state index is 6.07. The number of benzene rings is 1. The van der Waals surface area contributed by atoms with Crippen LogP contribution in [0.5, 0.6) is 0 Å². The molecule has 0 spiro atoms. The van der Waals surface area contributed by atoms with Gasteiger partial charge in [0, 0.05) is 13.1 Å². The molecule has 1 heterocycles. The Morgan fingerprint density at radius 3 is 2.72 bits per heavy atom. The Kier molecular flexibility index (Phi) is 4.24. The predicted molar refractivity (Wildman–Crippen MR) is 76.3 cm³/mol. The molecule has 0 amide bonds. The third-order valence-corrected chi connectivity index (χ3v) is 3.76. The lowest BCUT2D eigenvalue weighted by molar-refractivity contribution is 0.387. The minimum Gasteiger partial charge on any atom is -0.370 e. The van der Waals surface area contributed by atoms with Crippen molar-refractivity contribution in [2.75, 3.05) is 13.1 Å². The monoisotopic (exact) mass is 245 g/mol. The summed E-state index contributed by atoms with van der Waals surface area (Å²) in [7, 11) is 0. The Balaban J connectivity index is 1.90. The first kappa shape index (κ1) is 12.9. The van der Waals surface area contributed by atoms with E-state index in [1.807, 2.05) is 18.2 Å². The molecule has 1 fully saturated rings. The van der Waals surface area contributed by atoms with Gasteiger partial charge in [0.05, 0.1) is 6.54 Å². The Bertz CT molecular complexity index is 397. The fraction of sp³-hybridized carbons (Fsp3) is 0.533. The summed E-state index contributed by atoms with van der Waals surface area (Å²) < 4.78 is 0. The number of likely N-dealkylation sites (tertiary alicyclic amines) is 1. The highest BCUT2D eigenvalue weighted by Crippen LogP contribution is 2.23. The van der Waals surface area contributed by atoms with Gasteiger partial charge in [-0.2, -0.15) is 0 Å². The molecule has 1 saturated heterocycles. The summed E-state index contributed by atoms with van der Waals surface area (Å²) in [6.45, 7) is 7.35. The second kappa shape index (κ2) is 5.89. The van der Waals surface area contributed by atoms with Gasteiger partial charge in [0.1, 0.15) is 0 Å². The topological polar surface area (TPSA) is 41.6 Å². The van der Waals surface area contributed by atoms with Crippen molar-refractivity contribution >= 4 is 5.96 Å². The van der Waals surface area contributed by atoms with Crippen molar-refractivity contribution in [2.45, 2.75) is 26.8 Å². The van der Waals surface area contributed by atoms with Gasteiger partial charge in [-0.25, -0.2) is 4.99 Å². The van der Waals surface area contributed by atoms with E-state index < -0.39 is 0 Å². The van der Waals surface area contributed by atoms with Crippen LogP contribution in [0, 0.1) is 11.8 Å². The molecule has 1 aliphatic rings. The number of aliphatic imine (C=N–C) groups is 1. The average molecular weight is 245 g/mol. The third kappa shape index (κ3) is 3.25. The second-order valence-electron chi connectivity index (χ2n) is 5.40. The van der Waals surface area contributed by atoms with Crippen LogP contribution in [0.4, 0.5) is 0 Å². The molecular weight excluding hydrogens is 222 g/mol. The van der Waals surface area contributed by atoms with Crippen molar-refractivity contribution in [3.63, 3.8) is 0 Å². The lowest BCUT2D eigenvalue weighted by Crippen LogP contribution is -2.36. The summed E-state index contributed by atoms with van der Waals surface area (Å²) in [5.74, 6) is 2.19. The SMILES string of the molecule is CC(C)C1CCN(C(N)=NCc2ccccc2)C1. The van der Waals surface area contributed by atoms with Gasteiger partial charge < -0.3 is 10.6 Å². The zero-order valence-electron chi connectivity index (χ0n) is 11.3. The predicted octanol–water partition coefficient (Wildman–Crippen LogP) is 2.48. The third-order valence-electron chi connectivity index (χ3n) is 3.76. The van der Waals surface area contributed by atoms with Gasteiger partial charge in [-0.1, -0.05) is 44.2 Å². The standard InChI is InChI=1S/C15H23N3/c1-12(2)14-8-9-18(11-14)15(16)17-10-13-6-4-3-5-7-13/h3-7,12,14H,8-11H2,1-2H3,(H2,16,17). The normalized spacial score (nSPS) is 20.7. The first-order valence-electron chi connectivity index (χ1n) is 6.75. The van der Waals surface area contributed by atoms with Crippen LogP contribution in [0.25, 0.3) is 0 Å². The Hall–Kier alpha value is -1.51. The Morgan fingerprint density at radius 1 is 1.39 bits per heavy atom. The maximum absolute atomic E-state index is 6.07. The van der Waals surface area contributed by atoms with Crippen molar-refractivity contribution in [1.29, 1.82) is 0 Å². The second-order valence-corrected chi connectivity index (χ2v) is 5.40. The number of nitrogens with zero attached hydrogens (tertiary/aromatic N) is 2. The zero-order valence-corrected chi connectivity index (χ0v) is 11.3. The van der Waals surface area contributed by atoms with Gasteiger partial charge >= 0.3 is 0 Å². The summed E-state index contributed by atoms with van der Waals surface area (Å²) in [6, 6.07) is 10.2. The van der Waals surface area contributed by atoms with Gasteiger partial charge in [-0.15, -0.1) is 0 Å². The molecule has 0 aliphatic carbocycles. The zero-order chi connectivity index (χ0) is 13.0. The Morgan fingerprint density at radius 2 is 2.11 bits per heavy atom. The van der Waals surface area contributed by atoms with E-state index in [1.165, 1.54) is 12.0 Å². The highest BCUT2D eigenvalue weighted by atomic mass is 15.3. The van der Waals surface area contributed by atoms with Crippen LogP contribution in [0.3, 0.4) is 0 Å². The van der Waals surface area contributed by atoms with Crippen LogP contribution >= 0.6 is 0 Å². The van der Waals surface area contributed by atoms with E-state index in [0.29, 0.717) is 12.5 Å². The summed E-state index contributed by atoms with van der Waals surface area (Å²) in [5, 5.41) is 0. The molecule has 2 N–H and O–H groups in total. The maximum Gasteiger partial charge on any atom is 0.191 e. The molecule has 3 nitrogen and oxygen atoms in total. The van der Waals surface area contributed by atoms with E-state index in [2.05, 4.69) is 35.9 Å². The quantitative estimate of drug-likeness (QED) is 0.656. The summed E-state index contributed by atoms with van der Waals surface area (Å²) in [5.41, 5.74) is 7.27. The first-order valence-corrected chi connectivity index (χ1v) is 6.75. The van der Waals surface area contributed by atoms with Crippen LogP contribution in [0.15, 0.2) is 35.3 Å². The van der Waals surface area contributed by atoms with E-state index >= 15 is 0 Å². The molecule has 18 heavy (non-hydrogen) atoms. The van der Waals surface area contributed by atoms with Crippen LogP contribution < -0.4 is 5.73 Å². The molecule has 3 heteroatoms. The number of guanidine groups is 1. The first-order chi connectivity index (χ1) is 8.66. The molecule has 0 aromatic heterocycles. The van der Waals surface area contributed by atoms with Gasteiger partial charge in [0.15, 0.2) is 5.96 Å². The molecule has 1 unspecified atom stereocenters. The number of hydrogen-bond donors (Lipinski definition) is 1. The Labute approximate surface area is 110 Å². The number of rotatable bonds is 3. The number of hydrogen-bond acceptors (Lipinski definition) is 1. The summed E-state index contributed by atoms with van der Waals surface area (Å²) in [6.07, 6.45) is 1.24. The molecule has 0 bridgehead atoms. The lowest BCUT2D eigenvalue weighted by Gasteiger charge is -2.18. The average Bonchev–Trinajstić information content (AvgIpc) is 2.87. The van der Waals surface area contributed by atoms with Crippen LogP contribution in [0.2, 0.25) is 0 Å². The molecule has 98 valence electrons. The highest BCUT2D eigenvalue weighted by Gasteiger charge is 2.25.